The first-order chi connectivity index (χ1) is 15.4. The predicted molar refractivity (Wildman–Crippen MR) is 132 cm³/mol. The fourth-order valence-electron chi connectivity index (χ4n) is 4.46. The summed E-state index contributed by atoms with van der Waals surface area (Å²) in [7, 11) is -1.92. The summed E-state index contributed by atoms with van der Waals surface area (Å²) < 4.78 is 33.2. The van der Waals surface area contributed by atoms with Crippen LogP contribution in [0.25, 0.3) is 0 Å². The van der Waals surface area contributed by atoms with E-state index in [1.54, 1.807) is 29.6 Å². The fourth-order valence-corrected chi connectivity index (χ4v) is 6.00. The molecule has 0 aromatic heterocycles. The van der Waals surface area contributed by atoms with Crippen molar-refractivity contribution in [3.63, 3.8) is 0 Å². The average Bonchev–Trinajstić information content (AvgIpc) is 2.84. The number of benzene rings is 2. The van der Waals surface area contributed by atoms with E-state index in [0.717, 1.165) is 36.3 Å². The number of anilines is 1. The van der Waals surface area contributed by atoms with Crippen molar-refractivity contribution in [3.05, 3.63) is 53.6 Å². The second kappa shape index (κ2) is 10.8. The monoisotopic (exact) mass is 493 g/mol. The van der Waals surface area contributed by atoms with Crippen molar-refractivity contribution >= 4 is 34.0 Å². The number of amides is 1. The van der Waals surface area contributed by atoms with Crippen molar-refractivity contribution in [2.45, 2.75) is 31.1 Å². The summed E-state index contributed by atoms with van der Waals surface area (Å²) in [4.78, 5) is 17.6. The summed E-state index contributed by atoms with van der Waals surface area (Å²) in [5.41, 5.74) is 2.28. The van der Waals surface area contributed by atoms with Gasteiger partial charge in [-0.2, -0.15) is 4.31 Å². The molecule has 4 rings (SSSR count). The number of hydrogen-bond acceptors (Lipinski definition) is 5. The lowest BCUT2D eigenvalue weighted by Gasteiger charge is -2.37. The third-order valence-corrected chi connectivity index (χ3v) is 8.28. The van der Waals surface area contributed by atoms with Crippen LogP contribution in [-0.2, 0) is 10.0 Å². The Morgan fingerprint density at radius 1 is 0.909 bits per heavy atom. The summed E-state index contributed by atoms with van der Waals surface area (Å²) in [6.45, 7) is 5.47. The molecule has 2 aliphatic rings. The van der Waals surface area contributed by atoms with Gasteiger partial charge in [-0.15, -0.1) is 12.4 Å². The van der Waals surface area contributed by atoms with Gasteiger partial charge in [0.1, 0.15) is 5.75 Å². The number of piperazine rings is 1. The molecule has 2 aromatic carbocycles. The number of carbonyl (C=O) groups excluding carboxylic acids is 1. The largest absolute Gasteiger partial charge is 0.495 e. The molecular weight excluding hydrogens is 462 g/mol. The Morgan fingerprint density at radius 2 is 1.58 bits per heavy atom. The van der Waals surface area contributed by atoms with Gasteiger partial charge in [-0.3, -0.25) is 4.79 Å². The van der Waals surface area contributed by atoms with Crippen LogP contribution in [0, 0.1) is 6.92 Å². The number of methoxy groups -OCH3 is 1. The number of piperidine rings is 1. The Bertz CT molecular complexity index is 1080. The highest BCUT2D eigenvalue weighted by molar-refractivity contribution is 7.89. The van der Waals surface area contributed by atoms with E-state index in [4.69, 9.17) is 4.74 Å². The quantitative estimate of drug-likeness (QED) is 0.637. The minimum Gasteiger partial charge on any atom is -0.495 e. The maximum absolute atomic E-state index is 13.3. The average molecular weight is 494 g/mol. The third kappa shape index (κ3) is 5.28. The number of sulfonamides is 1. The van der Waals surface area contributed by atoms with Gasteiger partial charge >= 0.3 is 0 Å². The van der Waals surface area contributed by atoms with E-state index in [0.29, 0.717) is 44.8 Å². The van der Waals surface area contributed by atoms with E-state index in [1.807, 2.05) is 36.1 Å². The zero-order valence-corrected chi connectivity index (χ0v) is 20.8. The third-order valence-electron chi connectivity index (χ3n) is 6.38. The molecule has 0 aliphatic carbocycles. The van der Waals surface area contributed by atoms with Crippen LogP contribution in [0.4, 0.5) is 5.69 Å². The zero-order chi connectivity index (χ0) is 22.7. The summed E-state index contributed by atoms with van der Waals surface area (Å²) in [5, 5.41) is 0. The lowest BCUT2D eigenvalue weighted by molar-refractivity contribution is 0.0745. The minimum atomic E-state index is -3.58. The second-order valence-electron chi connectivity index (χ2n) is 8.39. The van der Waals surface area contributed by atoms with Gasteiger partial charge in [0, 0.05) is 44.8 Å². The Hall–Kier alpha value is -2.29. The first-order valence-electron chi connectivity index (χ1n) is 11.2. The van der Waals surface area contributed by atoms with Gasteiger partial charge < -0.3 is 14.5 Å². The maximum atomic E-state index is 13.3. The van der Waals surface area contributed by atoms with E-state index in [-0.39, 0.29) is 23.2 Å². The van der Waals surface area contributed by atoms with Gasteiger partial charge in [0.05, 0.1) is 17.7 Å². The van der Waals surface area contributed by atoms with E-state index < -0.39 is 10.0 Å². The van der Waals surface area contributed by atoms with E-state index in [2.05, 4.69) is 4.90 Å². The van der Waals surface area contributed by atoms with Crippen molar-refractivity contribution in [1.29, 1.82) is 0 Å². The predicted octanol–water partition coefficient (Wildman–Crippen LogP) is 3.56. The Balaban J connectivity index is 0.00000306. The van der Waals surface area contributed by atoms with Crippen LogP contribution in [0.1, 0.15) is 35.2 Å². The van der Waals surface area contributed by atoms with Crippen LogP contribution in [0.5, 0.6) is 5.75 Å². The number of aryl methyl sites for hydroxylation is 1. The molecule has 0 radical (unpaired) electrons. The number of carbonyl (C=O) groups is 1. The van der Waals surface area contributed by atoms with Crippen molar-refractivity contribution in [2.75, 3.05) is 51.3 Å². The molecule has 7 nitrogen and oxygen atoms in total. The van der Waals surface area contributed by atoms with Gasteiger partial charge in [0.25, 0.3) is 5.91 Å². The van der Waals surface area contributed by atoms with Crippen LogP contribution in [0.15, 0.2) is 47.4 Å². The van der Waals surface area contributed by atoms with E-state index >= 15 is 0 Å². The van der Waals surface area contributed by atoms with Gasteiger partial charge in [-0.1, -0.05) is 24.6 Å². The fraction of sp³-hybridized carbons (Fsp3) is 0.458. The topological polar surface area (TPSA) is 70.2 Å². The van der Waals surface area contributed by atoms with Crippen molar-refractivity contribution in [2.24, 2.45) is 0 Å². The molecule has 9 heteroatoms. The highest BCUT2D eigenvalue weighted by Crippen LogP contribution is 2.29. The molecule has 2 saturated heterocycles. The molecule has 0 spiro atoms. The van der Waals surface area contributed by atoms with Gasteiger partial charge in [-0.05, 0) is 49.6 Å². The van der Waals surface area contributed by atoms with E-state index in [1.165, 1.54) is 0 Å². The van der Waals surface area contributed by atoms with E-state index in [9.17, 15) is 13.2 Å². The van der Waals surface area contributed by atoms with Crippen LogP contribution in [-0.4, -0.2) is 69.9 Å². The molecule has 2 fully saturated rings. The Labute approximate surface area is 202 Å². The first kappa shape index (κ1) is 25.3. The standard InChI is InChI=1S/C24H31N3O4S.ClH/c1-19-10-11-20(32(29,30)27-12-6-3-7-13-27)18-21(19)24(28)26-16-14-25(15-17-26)22-8-4-5-9-23(22)31-2;/h4-5,8-11,18H,3,6-7,12-17H2,1-2H3;1H. The first-order valence-corrected chi connectivity index (χ1v) is 12.6. The lowest BCUT2D eigenvalue weighted by Crippen LogP contribution is -2.49. The van der Waals surface area contributed by atoms with Crippen LogP contribution < -0.4 is 9.64 Å². The highest BCUT2D eigenvalue weighted by atomic mass is 35.5. The van der Waals surface area contributed by atoms with Gasteiger partial charge in [0.15, 0.2) is 0 Å². The summed E-state index contributed by atoms with van der Waals surface area (Å²) >= 11 is 0. The maximum Gasteiger partial charge on any atom is 0.254 e. The molecule has 2 aliphatic heterocycles. The molecule has 0 unspecified atom stereocenters. The lowest BCUT2D eigenvalue weighted by atomic mass is 10.1. The molecule has 33 heavy (non-hydrogen) atoms. The molecule has 2 heterocycles. The molecule has 0 saturated carbocycles. The Kier molecular flexibility index (Phi) is 8.26. The summed E-state index contributed by atoms with van der Waals surface area (Å²) in [6, 6.07) is 12.8. The van der Waals surface area contributed by atoms with Crippen molar-refractivity contribution < 1.29 is 17.9 Å². The number of para-hydroxylation sites is 2. The second-order valence-corrected chi connectivity index (χ2v) is 10.3. The molecule has 0 N–H and O–H groups in total. The zero-order valence-electron chi connectivity index (χ0n) is 19.2. The van der Waals surface area contributed by atoms with Crippen molar-refractivity contribution in [3.8, 4) is 5.75 Å². The highest BCUT2D eigenvalue weighted by Gasteiger charge is 2.29. The SMILES string of the molecule is COc1ccccc1N1CCN(C(=O)c2cc(S(=O)(=O)N3CCCCC3)ccc2C)CC1.Cl. The minimum absolute atomic E-state index is 0. The van der Waals surface area contributed by atoms with Crippen LogP contribution in [0.3, 0.4) is 0 Å². The Morgan fingerprint density at radius 3 is 2.24 bits per heavy atom. The number of hydrogen-bond donors (Lipinski definition) is 0. The molecule has 0 bridgehead atoms. The smallest absolute Gasteiger partial charge is 0.254 e. The van der Waals surface area contributed by atoms with Crippen LogP contribution >= 0.6 is 12.4 Å². The molecule has 180 valence electrons. The molecule has 0 atom stereocenters. The molecule has 2 aromatic rings. The summed E-state index contributed by atoms with van der Waals surface area (Å²) in [6.07, 6.45) is 2.82. The number of rotatable bonds is 5. The number of nitrogens with zero attached hydrogens (tertiary/aromatic N) is 3. The molecule has 1 amide bonds. The summed E-state index contributed by atoms with van der Waals surface area (Å²) in [5.74, 6) is 0.705. The van der Waals surface area contributed by atoms with Crippen LogP contribution in [0.2, 0.25) is 0 Å². The number of halogens is 1. The van der Waals surface area contributed by atoms with Crippen molar-refractivity contribution in [1.82, 2.24) is 9.21 Å². The number of ether oxygens (including phenoxy) is 1. The normalized spacial score (nSPS) is 17.4. The van der Waals surface area contributed by atoms with Gasteiger partial charge in [-0.25, -0.2) is 8.42 Å². The van der Waals surface area contributed by atoms with Gasteiger partial charge in [0.2, 0.25) is 10.0 Å². The molecular formula is C24H32ClN3O4S.